The van der Waals surface area contributed by atoms with Gasteiger partial charge in [-0.05, 0) is 25.7 Å². The van der Waals surface area contributed by atoms with Crippen LogP contribution in [-0.2, 0) is 6.54 Å². The smallest absolute Gasteiger partial charge is 0.191 e. The van der Waals surface area contributed by atoms with E-state index in [4.69, 9.17) is 0 Å². The second kappa shape index (κ2) is 10.9. The molecular weight excluding hydrogens is 367 g/mol. The molecule has 1 aromatic heterocycles. The number of aromatic nitrogens is 3. The molecule has 2 N–H and O–H groups in total. The Labute approximate surface area is 138 Å². The van der Waals surface area contributed by atoms with Crippen molar-refractivity contribution >= 4 is 29.9 Å². The Morgan fingerprint density at radius 2 is 1.85 bits per heavy atom. The lowest BCUT2D eigenvalue weighted by molar-refractivity contribution is 0.480. The zero-order chi connectivity index (χ0) is 14.1. The molecule has 0 aromatic carbocycles. The third kappa shape index (κ3) is 7.66. The predicted molar refractivity (Wildman–Crippen MR) is 93.5 cm³/mol. The summed E-state index contributed by atoms with van der Waals surface area (Å²) in [7, 11) is 1.81. The Balaban J connectivity index is 0.00000361. The third-order valence-electron chi connectivity index (χ3n) is 3.19. The minimum Gasteiger partial charge on any atom is -0.356 e. The van der Waals surface area contributed by atoms with Gasteiger partial charge in [0.2, 0.25) is 0 Å². The lowest BCUT2D eigenvalue weighted by Gasteiger charge is -2.20. The van der Waals surface area contributed by atoms with Gasteiger partial charge in [0, 0.05) is 26.2 Å². The summed E-state index contributed by atoms with van der Waals surface area (Å²) in [6.07, 6.45) is 5.69. The number of hydrogen-bond donors (Lipinski definition) is 2. The average molecular weight is 394 g/mol. The van der Waals surface area contributed by atoms with Crippen molar-refractivity contribution in [3.8, 4) is 0 Å². The van der Waals surface area contributed by atoms with Crippen molar-refractivity contribution in [3.05, 3.63) is 12.7 Å². The van der Waals surface area contributed by atoms with Crippen molar-refractivity contribution in [1.82, 2.24) is 25.4 Å². The molecule has 0 saturated carbocycles. The Kier molecular flexibility index (Phi) is 10.4. The van der Waals surface area contributed by atoms with E-state index in [1.54, 1.807) is 19.7 Å². The zero-order valence-corrected chi connectivity index (χ0v) is 15.2. The molecule has 1 rings (SSSR count). The number of guanidine groups is 1. The van der Waals surface area contributed by atoms with Crippen LogP contribution in [0.3, 0.4) is 0 Å². The number of rotatable bonds is 7. The summed E-state index contributed by atoms with van der Waals surface area (Å²) in [5.41, 5.74) is 0. The van der Waals surface area contributed by atoms with Gasteiger partial charge in [0.05, 0.1) is 0 Å². The summed E-state index contributed by atoms with van der Waals surface area (Å²) in [5.74, 6) is 1.47. The first-order valence-corrected chi connectivity index (χ1v) is 6.93. The molecule has 1 atom stereocenters. The lowest BCUT2D eigenvalue weighted by atomic mass is 10.1. The van der Waals surface area contributed by atoms with Crippen LogP contribution in [0.4, 0.5) is 0 Å². The monoisotopic (exact) mass is 394 g/mol. The van der Waals surface area contributed by atoms with Gasteiger partial charge >= 0.3 is 0 Å². The highest BCUT2D eigenvalue weighted by Crippen LogP contribution is 1.99. The van der Waals surface area contributed by atoms with Crippen LogP contribution < -0.4 is 10.6 Å². The maximum absolute atomic E-state index is 4.23. The molecule has 0 saturated heterocycles. The van der Waals surface area contributed by atoms with Crippen LogP contribution in [0.5, 0.6) is 0 Å². The number of hydrogen-bond acceptors (Lipinski definition) is 3. The maximum atomic E-state index is 4.23. The second-order valence-corrected chi connectivity index (χ2v) is 5.08. The van der Waals surface area contributed by atoms with Gasteiger partial charge in [0.25, 0.3) is 0 Å². The van der Waals surface area contributed by atoms with E-state index in [1.807, 2.05) is 4.57 Å². The number of aryl methyl sites for hydroxylation is 1. The minimum atomic E-state index is 0. The molecule has 0 aliphatic heterocycles. The molecule has 0 fully saturated rings. The SMILES string of the molecule is CN=C(NCCCCn1cnnc1)NC(C)C(C)C.I. The van der Waals surface area contributed by atoms with Gasteiger partial charge < -0.3 is 15.2 Å². The van der Waals surface area contributed by atoms with Crippen LogP contribution >= 0.6 is 24.0 Å². The molecule has 1 heterocycles. The van der Waals surface area contributed by atoms with E-state index in [0.29, 0.717) is 12.0 Å². The third-order valence-corrected chi connectivity index (χ3v) is 3.19. The van der Waals surface area contributed by atoms with Crippen molar-refractivity contribution in [3.63, 3.8) is 0 Å². The fourth-order valence-corrected chi connectivity index (χ4v) is 1.54. The highest BCUT2D eigenvalue weighted by molar-refractivity contribution is 14.0. The topological polar surface area (TPSA) is 67.1 Å². The highest BCUT2D eigenvalue weighted by atomic mass is 127. The molecule has 0 amide bonds. The molecule has 7 heteroatoms. The standard InChI is InChI=1S/C13H26N6.HI/c1-11(2)12(3)18-13(14-4)15-7-5-6-8-19-9-16-17-10-19;/h9-12H,5-8H2,1-4H3,(H2,14,15,18);1H. The second-order valence-electron chi connectivity index (χ2n) is 5.08. The van der Waals surface area contributed by atoms with Crippen LogP contribution in [0.2, 0.25) is 0 Å². The van der Waals surface area contributed by atoms with Gasteiger partial charge in [-0.25, -0.2) is 0 Å². The van der Waals surface area contributed by atoms with Crippen molar-refractivity contribution in [2.24, 2.45) is 10.9 Å². The maximum Gasteiger partial charge on any atom is 0.191 e. The van der Waals surface area contributed by atoms with E-state index >= 15 is 0 Å². The molecular formula is C13H27IN6. The summed E-state index contributed by atoms with van der Waals surface area (Å²) in [5, 5.41) is 14.3. The summed E-state index contributed by atoms with van der Waals surface area (Å²) in [4.78, 5) is 4.23. The van der Waals surface area contributed by atoms with Crippen LogP contribution in [0.25, 0.3) is 0 Å². The molecule has 20 heavy (non-hydrogen) atoms. The highest BCUT2D eigenvalue weighted by Gasteiger charge is 2.08. The quantitative estimate of drug-likeness (QED) is 0.321. The molecule has 1 unspecified atom stereocenters. The molecule has 0 aliphatic rings. The fraction of sp³-hybridized carbons (Fsp3) is 0.769. The van der Waals surface area contributed by atoms with Crippen LogP contribution in [0.15, 0.2) is 17.6 Å². The van der Waals surface area contributed by atoms with Crippen LogP contribution in [-0.4, -0.2) is 40.4 Å². The van der Waals surface area contributed by atoms with Crippen LogP contribution in [0, 0.1) is 5.92 Å². The first kappa shape index (κ1) is 19.1. The van der Waals surface area contributed by atoms with Crippen LogP contribution in [0.1, 0.15) is 33.6 Å². The van der Waals surface area contributed by atoms with Crippen molar-refractivity contribution in [2.75, 3.05) is 13.6 Å². The predicted octanol–water partition coefficient (Wildman–Crippen LogP) is 1.89. The van der Waals surface area contributed by atoms with Gasteiger partial charge in [-0.15, -0.1) is 34.2 Å². The molecule has 0 spiro atoms. The number of unbranched alkanes of at least 4 members (excludes halogenated alkanes) is 1. The number of nitrogens with one attached hydrogen (secondary N) is 2. The van der Waals surface area contributed by atoms with Crippen molar-refractivity contribution in [1.29, 1.82) is 0 Å². The van der Waals surface area contributed by atoms with E-state index < -0.39 is 0 Å². The van der Waals surface area contributed by atoms with E-state index in [9.17, 15) is 0 Å². The molecule has 6 nitrogen and oxygen atoms in total. The van der Waals surface area contributed by atoms with E-state index in [2.05, 4.69) is 46.6 Å². The first-order chi connectivity index (χ1) is 9.13. The molecule has 116 valence electrons. The Hall–Kier alpha value is -0.860. The van der Waals surface area contributed by atoms with Crippen molar-refractivity contribution < 1.29 is 0 Å². The Bertz CT molecular complexity index is 363. The Morgan fingerprint density at radius 3 is 2.40 bits per heavy atom. The number of nitrogens with zero attached hydrogens (tertiary/aromatic N) is 4. The van der Waals surface area contributed by atoms with E-state index in [-0.39, 0.29) is 24.0 Å². The lowest BCUT2D eigenvalue weighted by Crippen LogP contribution is -2.44. The molecule has 0 radical (unpaired) electrons. The molecule has 0 aliphatic carbocycles. The Morgan fingerprint density at radius 1 is 1.20 bits per heavy atom. The molecule has 0 bridgehead atoms. The number of aliphatic imine (C=N–C) groups is 1. The zero-order valence-electron chi connectivity index (χ0n) is 12.8. The van der Waals surface area contributed by atoms with Gasteiger partial charge in [-0.1, -0.05) is 13.8 Å². The first-order valence-electron chi connectivity index (χ1n) is 6.93. The summed E-state index contributed by atoms with van der Waals surface area (Å²) < 4.78 is 1.99. The fourth-order valence-electron chi connectivity index (χ4n) is 1.54. The minimum absolute atomic E-state index is 0. The van der Waals surface area contributed by atoms with Gasteiger partial charge in [-0.3, -0.25) is 4.99 Å². The molecule has 1 aromatic rings. The van der Waals surface area contributed by atoms with E-state index in [0.717, 1.165) is 31.9 Å². The van der Waals surface area contributed by atoms with Gasteiger partial charge in [0.15, 0.2) is 5.96 Å². The summed E-state index contributed by atoms with van der Waals surface area (Å²) >= 11 is 0. The van der Waals surface area contributed by atoms with Crippen molar-refractivity contribution in [2.45, 2.75) is 46.2 Å². The summed E-state index contributed by atoms with van der Waals surface area (Å²) in [6, 6.07) is 0.420. The van der Waals surface area contributed by atoms with Gasteiger partial charge in [-0.2, -0.15) is 0 Å². The largest absolute Gasteiger partial charge is 0.356 e. The van der Waals surface area contributed by atoms with E-state index in [1.165, 1.54) is 0 Å². The normalized spacial score (nSPS) is 12.9. The number of halogens is 1. The van der Waals surface area contributed by atoms with Gasteiger partial charge in [0.1, 0.15) is 12.7 Å². The summed E-state index contributed by atoms with van der Waals surface area (Å²) in [6.45, 7) is 8.45. The average Bonchev–Trinajstić information content (AvgIpc) is 2.89.